The van der Waals surface area contributed by atoms with E-state index in [1.54, 1.807) is 12.2 Å². The van der Waals surface area contributed by atoms with Gasteiger partial charge in [0, 0.05) is 23.0 Å². The molecule has 0 amide bonds. The van der Waals surface area contributed by atoms with Crippen molar-refractivity contribution in [2.75, 3.05) is 6.61 Å². The third kappa shape index (κ3) is 6.14. The van der Waals surface area contributed by atoms with Crippen LogP contribution >= 0.6 is 0 Å². The lowest BCUT2D eigenvalue weighted by Gasteiger charge is -2.73. The van der Waals surface area contributed by atoms with Crippen LogP contribution in [0, 0.1) is 56.7 Å². The third-order valence-electron chi connectivity index (χ3n) is 16.4. The number of benzene rings is 2. The average molecular weight is 703 g/mol. The maximum absolute atomic E-state index is 13.1. The van der Waals surface area contributed by atoms with Gasteiger partial charge in [0.05, 0.1) is 6.61 Å². The minimum absolute atomic E-state index is 0.0211. The molecule has 0 aromatic heterocycles. The van der Waals surface area contributed by atoms with E-state index in [1.165, 1.54) is 37.7 Å². The fraction of sp³-hybridized carbons (Fsp3) is 0.583. The zero-order chi connectivity index (χ0) is 36.9. The summed E-state index contributed by atoms with van der Waals surface area (Å²) in [6.07, 6.45) is 18.3. The molecule has 5 aliphatic carbocycles. The Morgan fingerprint density at radius 1 is 0.712 bits per heavy atom. The zero-order valence-electron chi connectivity index (χ0n) is 32.7. The highest BCUT2D eigenvalue weighted by Gasteiger charge is 2.71. The Kier molecular flexibility index (Phi) is 9.79. The maximum Gasteiger partial charge on any atom is 0.331 e. The molecule has 0 saturated heterocycles. The number of carbonyl (C=O) groups excluding carboxylic acids is 2. The molecular weight excluding hydrogens is 641 g/mol. The lowest BCUT2D eigenvalue weighted by molar-refractivity contribution is -0.251. The van der Waals surface area contributed by atoms with Crippen LogP contribution in [0.15, 0.2) is 85.0 Å². The molecule has 5 saturated carbocycles. The number of esters is 2. The fourth-order valence-corrected chi connectivity index (χ4v) is 13.6. The summed E-state index contributed by atoms with van der Waals surface area (Å²) in [5.74, 6) is 2.24. The second kappa shape index (κ2) is 13.8. The molecule has 4 nitrogen and oxygen atoms in total. The molecule has 0 spiro atoms. The van der Waals surface area contributed by atoms with E-state index in [1.807, 2.05) is 72.8 Å². The van der Waals surface area contributed by atoms with Gasteiger partial charge in [-0.2, -0.15) is 0 Å². The molecular formula is C48H62O4. The standard InChI is InChI=1S/C48H62O4/c1-33(2)36-24-29-48(32-51-41(49)22-18-34-14-10-8-11-15-34)31-30-46(6)37(43(36)48)20-21-39-45(5)27-26-40(44(3,4)38(45)25-28-47(39,46)7)52-42(50)23-19-35-16-12-9-13-17-35/h8-19,22-23,36-40,43H,1,20-21,24-32H2,2-7H3/t36-,37+,38+,39+,40-,43+,45-,46-,47+,48+/m0/s1. The van der Waals surface area contributed by atoms with Gasteiger partial charge in [-0.1, -0.05) is 107 Å². The highest BCUT2D eigenvalue weighted by molar-refractivity contribution is 5.87. The first-order valence-electron chi connectivity index (χ1n) is 20.2. The Labute approximate surface area is 313 Å². The van der Waals surface area contributed by atoms with Crippen molar-refractivity contribution in [1.82, 2.24) is 0 Å². The van der Waals surface area contributed by atoms with Crippen molar-refractivity contribution in [2.45, 2.75) is 112 Å². The largest absolute Gasteiger partial charge is 0.462 e. The van der Waals surface area contributed by atoms with Gasteiger partial charge in [0.25, 0.3) is 0 Å². The minimum Gasteiger partial charge on any atom is -0.462 e. The smallest absolute Gasteiger partial charge is 0.331 e. The predicted molar refractivity (Wildman–Crippen MR) is 211 cm³/mol. The zero-order valence-corrected chi connectivity index (χ0v) is 32.7. The van der Waals surface area contributed by atoms with Crippen LogP contribution in [0.4, 0.5) is 0 Å². The highest BCUT2D eigenvalue weighted by Crippen LogP contribution is 2.77. The summed E-state index contributed by atoms with van der Waals surface area (Å²) < 4.78 is 12.5. The summed E-state index contributed by atoms with van der Waals surface area (Å²) in [7, 11) is 0. The Hall–Kier alpha value is -3.40. The monoisotopic (exact) mass is 702 g/mol. The fourth-order valence-electron chi connectivity index (χ4n) is 13.6. The average Bonchev–Trinajstić information content (AvgIpc) is 3.52. The number of allylic oxidation sites excluding steroid dienone is 1. The number of carbonyl (C=O) groups is 2. The van der Waals surface area contributed by atoms with Gasteiger partial charge in [-0.25, -0.2) is 9.59 Å². The molecule has 10 atom stereocenters. The summed E-state index contributed by atoms with van der Waals surface area (Å²) in [6, 6.07) is 19.9. The number of hydrogen-bond donors (Lipinski definition) is 0. The number of rotatable bonds is 8. The normalized spacial score (nSPS) is 39.2. The molecule has 5 aliphatic rings. The second-order valence-corrected chi connectivity index (χ2v) is 18.9. The number of fused-ring (bicyclic) bond motifs is 7. The number of hydrogen-bond acceptors (Lipinski definition) is 4. The van der Waals surface area contributed by atoms with Crippen LogP contribution in [0.3, 0.4) is 0 Å². The van der Waals surface area contributed by atoms with Crippen LogP contribution in [0.5, 0.6) is 0 Å². The lowest BCUT2D eigenvalue weighted by Crippen LogP contribution is -2.67. The molecule has 52 heavy (non-hydrogen) atoms. The van der Waals surface area contributed by atoms with Crippen molar-refractivity contribution in [3.8, 4) is 0 Å². The van der Waals surface area contributed by atoms with Crippen LogP contribution in [-0.4, -0.2) is 24.6 Å². The number of ether oxygens (including phenoxy) is 2. The van der Waals surface area contributed by atoms with Crippen LogP contribution in [-0.2, 0) is 19.1 Å². The van der Waals surface area contributed by atoms with Crippen LogP contribution < -0.4 is 0 Å². The molecule has 0 bridgehead atoms. The van der Waals surface area contributed by atoms with Crippen molar-refractivity contribution >= 4 is 24.1 Å². The van der Waals surface area contributed by atoms with E-state index in [0.717, 1.165) is 43.2 Å². The Bertz CT molecular complexity index is 1710. The van der Waals surface area contributed by atoms with E-state index in [9.17, 15) is 9.59 Å². The second-order valence-electron chi connectivity index (χ2n) is 18.9. The molecule has 2 aromatic rings. The Balaban J connectivity index is 1.09. The molecule has 0 N–H and O–H groups in total. The van der Waals surface area contributed by atoms with Crippen LogP contribution in [0.1, 0.15) is 117 Å². The van der Waals surface area contributed by atoms with Crippen LogP contribution in [0.25, 0.3) is 12.2 Å². The maximum atomic E-state index is 13.1. The van der Waals surface area contributed by atoms with Crippen molar-refractivity contribution in [3.63, 3.8) is 0 Å². The molecule has 7 rings (SSSR count). The molecule has 0 aliphatic heterocycles. The van der Waals surface area contributed by atoms with Crippen molar-refractivity contribution in [2.24, 2.45) is 56.7 Å². The van der Waals surface area contributed by atoms with Gasteiger partial charge < -0.3 is 9.47 Å². The van der Waals surface area contributed by atoms with Crippen molar-refractivity contribution in [1.29, 1.82) is 0 Å². The molecule has 0 heterocycles. The highest BCUT2D eigenvalue weighted by atomic mass is 16.5. The van der Waals surface area contributed by atoms with E-state index in [0.29, 0.717) is 36.2 Å². The van der Waals surface area contributed by atoms with Gasteiger partial charge >= 0.3 is 11.9 Å². The van der Waals surface area contributed by atoms with Crippen molar-refractivity contribution in [3.05, 3.63) is 96.1 Å². The van der Waals surface area contributed by atoms with E-state index in [-0.39, 0.29) is 45.1 Å². The van der Waals surface area contributed by atoms with Gasteiger partial charge in [0.2, 0.25) is 0 Å². The van der Waals surface area contributed by atoms with Gasteiger partial charge in [0.1, 0.15) is 6.10 Å². The summed E-state index contributed by atoms with van der Waals surface area (Å²) in [4.78, 5) is 26.2. The summed E-state index contributed by atoms with van der Waals surface area (Å²) in [6.45, 7) is 20.0. The van der Waals surface area contributed by atoms with E-state index in [4.69, 9.17) is 9.47 Å². The molecule has 5 fully saturated rings. The quantitative estimate of drug-likeness (QED) is 0.156. The first-order chi connectivity index (χ1) is 24.7. The molecule has 0 radical (unpaired) electrons. The van der Waals surface area contributed by atoms with E-state index >= 15 is 0 Å². The molecule has 2 aromatic carbocycles. The molecule has 0 unspecified atom stereocenters. The van der Waals surface area contributed by atoms with Crippen LogP contribution in [0.2, 0.25) is 0 Å². The molecule has 278 valence electrons. The van der Waals surface area contributed by atoms with Gasteiger partial charge in [-0.15, -0.1) is 0 Å². The topological polar surface area (TPSA) is 52.6 Å². The van der Waals surface area contributed by atoms with E-state index < -0.39 is 0 Å². The third-order valence-corrected chi connectivity index (χ3v) is 16.4. The van der Waals surface area contributed by atoms with E-state index in [2.05, 4.69) is 48.1 Å². The summed E-state index contributed by atoms with van der Waals surface area (Å²) in [5.41, 5.74) is 3.89. The SMILES string of the molecule is C=C(C)[C@@H]1CC[C@]2(COC(=O)C=Cc3ccccc3)CC[C@@]3(C)[C@H](CC[C@@H]4[C@@]5(C)CC[C@H](OC(=O)C=Cc6ccccc6)C(C)(C)[C@H]5CC[C@]43C)[C@@H]12. The predicted octanol–water partition coefficient (Wildman–Crippen LogP) is 11.5. The minimum atomic E-state index is -0.234. The first kappa shape index (κ1) is 36.9. The van der Waals surface area contributed by atoms with Gasteiger partial charge in [-0.05, 0) is 140 Å². The van der Waals surface area contributed by atoms with Crippen molar-refractivity contribution < 1.29 is 19.1 Å². The Morgan fingerprint density at radius 3 is 1.98 bits per heavy atom. The molecule has 4 heteroatoms. The summed E-state index contributed by atoms with van der Waals surface area (Å²) >= 11 is 0. The summed E-state index contributed by atoms with van der Waals surface area (Å²) in [5, 5.41) is 0. The lowest BCUT2D eigenvalue weighted by atomic mass is 9.32. The first-order valence-corrected chi connectivity index (χ1v) is 20.2. The Morgan fingerprint density at radius 2 is 1.35 bits per heavy atom. The van der Waals surface area contributed by atoms with Gasteiger partial charge in [0.15, 0.2) is 0 Å². The van der Waals surface area contributed by atoms with Gasteiger partial charge in [-0.3, -0.25) is 0 Å².